The Kier molecular flexibility index (Phi) is 5.09. The van der Waals surface area contributed by atoms with Crippen molar-refractivity contribution in [2.45, 2.75) is 18.9 Å². The standard InChI is InChI=1S/C7H9NO5/c1-2-13-7(11)4-5(8-12)3-6(9)10/h2,5H,1,3-4H2,(H,9,10)/p-1/t5-/m1/s1. The molecule has 0 fully saturated rings. The van der Waals surface area contributed by atoms with Gasteiger partial charge in [-0.1, -0.05) is 11.8 Å². The Balaban J connectivity index is 3.96. The van der Waals surface area contributed by atoms with Gasteiger partial charge in [-0.2, -0.15) is 4.91 Å². The molecule has 0 saturated heterocycles. The monoisotopic (exact) mass is 186 g/mol. The third-order valence-electron chi connectivity index (χ3n) is 1.17. The molecule has 0 N–H and O–H groups in total. The van der Waals surface area contributed by atoms with Gasteiger partial charge >= 0.3 is 5.97 Å². The normalized spacial score (nSPS) is 11.4. The van der Waals surface area contributed by atoms with Gasteiger partial charge in [0, 0.05) is 12.4 Å². The summed E-state index contributed by atoms with van der Waals surface area (Å²) in [5, 5.41) is 12.5. The first kappa shape index (κ1) is 11.3. The predicted octanol–water partition coefficient (Wildman–Crippen LogP) is -0.662. The number of hydrogen-bond donors (Lipinski definition) is 0. The van der Waals surface area contributed by atoms with Gasteiger partial charge in [0.1, 0.15) is 6.04 Å². The van der Waals surface area contributed by atoms with Crippen LogP contribution in [0.25, 0.3) is 0 Å². The van der Waals surface area contributed by atoms with Gasteiger partial charge in [-0.15, -0.1) is 0 Å². The van der Waals surface area contributed by atoms with Gasteiger partial charge in [0.25, 0.3) is 0 Å². The summed E-state index contributed by atoms with van der Waals surface area (Å²) in [6, 6.07) is -1.14. The van der Waals surface area contributed by atoms with Crippen molar-refractivity contribution in [3.63, 3.8) is 0 Å². The van der Waals surface area contributed by atoms with E-state index in [1.807, 2.05) is 0 Å². The van der Waals surface area contributed by atoms with Crippen LogP contribution >= 0.6 is 0 Å². The summed E-state index contributed by atoms with van der Waals surface area (Å²) in [6.45, 7) is 3.11. The van der Waals surface area contributed by atoms with Crippen LogP contribution in [0.2, 0.25) is 0 Å². The first-order valence-corrected chi connectivity index (χ1v) is 3.42. The van der Waals surface area contributed by atoms with Crippen LogP contribution in [-0.4, -0.2) is 18.0 Å². The molecule has 0 aromatic carbocycles. The van der Waals surface area contributed by atoms with Gasteiger partial charge in [0.15, 0.2) is 0 Å². The van der Waals surface area contributed by atoms with Crippen molar-refractivity contribution in [1.29, 1.82) is 0 Å². The molecule has 0 bridgehead atoms. The maximum absolute atomic E-state index is 10.7. The number of nitrogens with zero attached hydrogens (tertiary/aromatic N) is 1. The van der Waals surface area contributed by atoms with Crippen LogP contribution in [0, 0.1) is 4.91 Å². The fourth-order valence-corrected chi connectivity index (χ4v) is 0.673. The summed E-state index contributed by atoms with van der Waals surface area (Å²) in [5.41, 5.74) is 0. The summed E-state index contributed by atoms with van der Waals surface area (Å²) in [7, 11) is 0. The second-order valence-corrected chi connectivity index (χ2v) is 2.20. The highest BCUT2D eigenvalue weighted by Crippen LogP contribution is 2.04. The molecule has 72 valence electrons. The second-order valence-electron chi connectivity index (χ2n) is 2.20. The minimum Gasteiger partial charge on any atom is -0.550 e. The van der Waals surface area contributed by atoms with E-state index in [9.17, 15) is 19.6 Å². The average Bonchev–Trinajstić information content (AvgIpc) is 2.02. The first-order chi connectivity index (χ1) is 6.10. The molecule has 1 atom stereocenters. The van der Waals surface area contributed by atoms with Crippen LogP contribution in [0.5, 0.6) is 0 Å². The zero-order valence-corrected chi connectivity index (χ0v) is 6.76. The van der Waals surface area contributed by atoms with Crippen molar-refractivity contribution < 1.29 is 19.4 Å². The molecular formula is C7H8NO5-. The largest absolute Gasteiger partial charge is 0.550 e. The van der Waals surface area contributed by atoms with E-state index in [0.29, 0.717) is 0 Å². The number of rotatable bonds is 6. The minimum atomic E-state index is -1.43. The molecule has 0 aliphatic heterocycles. The number of hydrogen-bond acceptors (Lipinski definition) is 6. The third kappa shape index (κ3) is 5.54. The number of aliphatic carboxylic acids is 1. The summed E-state index contributed by atoms with van der Waals surface area (Å²) in [4.78, 5) is 30.7. The molecule has 0 aliphatic rings. The predicted molar refractivity (Wildman–Crippen MR) is 40.1 cm³/mol. The highest BCUT2D eigenvalue weighted by atomic mass is 16.5. The molecule has 0 radical (unpaired) electrons. The van der Waals surface area contributed by atoms with E-state index >= 15 is 0 Å². The Morgan fingerprint density at radius 2 is 2.15 bits per heavy atom. The van der Waals surface area contributed by atoms with Crippen molar-refractivity contribution in [2.24, 2.45) is 5.18 Å². The maximum Gasteiger partial charge on any atom is 0.312 e. The number of esters is 1. The van der Waals surface area contributed by atoms with Crippen molar-refractivity contribution >= 4 is 11.9 Å². The molecule has 0 saturated carbocycles. The SMILES string of the molecule is C=COC(=O)C[C@@H](CC(=O)[O-])N=O. The van der Waals surface area contributed by atoms with Crippen LogP contribution in [0.4, 0.5) is 0 Å². The Hall–Kier alpha value is -1.72. The molecule has 6 nitrogen and oxygen atoms in total. The topological polar surface area (TPSA) is 95.9 Å². The second kappa shape index (κ2) is 5.87. The Bertz CT molecular complexity index is 225. The molecule has 0 heterocycles. The highest BCUT2D eigenvalue weighted by molar-refractivity contribution is 5.72. The summed E-state index contributed by atoms with van der Waals surface area (Å²) < 4.78 is 4.27. The zero-order chi connectivity index (χ0) is 10.3. The van der Waals surface area contributed by atoms with Gasteiger partial charge in [0.05, 0.1) is 12.7 Å². The lowest BCUT2D eigenvalue weighted by molar-refractivity contribution is -0.306. The van der Waals surface area contributed by atoms with Crippen LogP contribution in [0.3, 0.4) is 0 Å². The van der Waals surface area contributed by atoms with Gasteiger partial charge in [-0.3, -0.25) is 4.79 Å². The van der Waals surface area contributed by atoms with E-state index in [4.69, 9.17) is 0 Å². The molecule has 0 spiro atoms. The van der Waals surface area contributed by atoms with Crippen molar-refractivity contribution in [1.82, 2.24) is 0 Å². The lowest BCUT2D eigenvalue weighted by atomic mass is 10.1. The van der Waals surface area contributed by atoms with Crippen LogP contribution < -0.4 is 5.11 Å². The van der Waals surface area contributed by atoms with E-state index < -0.39 is 24.4 Å². The lowest BCUT2D eigenvalue weighted by Gasteiger charge is -2.07. The van der Waals surface area contributed by atoms with Crippen molar-refractivity contribution in [2.75, 3.05) is 0 Å². The van der Waals surface area contributed by atoms with Crippen LogP contribution in [0.1, 0.15) is 12.8 Å². The zero-order valence-electron chi connectivity index (χ0n) is 6.76. The van der Waals surface area contributed by atoms with E-state index in [2.05, 4.69) is 16.5 Å². The Morgan fingerprint density at radius 3 is 2.54 bits per heavy atom. The summed E-state index contributed by atoms with van der Waals surface area (Å²) >= 11 is 0. The minimum absolute atomic E-state index is 0.385. The maximum atomic E-state index is 10.7. The fourth-order valence-electron chi connectivity index (χ4n) is 0.673. The number of carboxylic acid groups (broad SMARTS) is 1. The van der Waals surface area contributed by atoms with Crippen molar-refractivity contribution in [3.8, 4) is 0 Å². The average molecular weight is 186 g/mol. The van der Waals surface area contributed by atoms with Crippen LogP contribution in [-0.2, 0) is 14.3 Å². The van der Waals surface area contributed by atoms with Gasteiger partial charge in [-0.05, 0) is 0 Å². The van der Waals surface area contributed by atoms with E-state index in [0.717, 1.165) is 6.26 Å². The Morgan fingerprint density at radius 1 is 1.54 bits per heavy atom. The van der Waals surface area contributed by atoms with Gasteiger partial charge in [-0.25, -0.2) is 0 Å². The van der Waals surface area contributed by atoms with E-state index in [-0.39, 0.29) is 6.42 Å². The molecule has 0 unspecified atom stereocenters. The Labute approximate surface area is 74.2 Å². The lowest BCUT2D eigenvalue weighted by Crippen LogP contribution is -2.27. The van der Waals surface area contributed by atoms with E-state index in [1.54, 1.807) is 0 Å². The molecule has 13 heavy (non-hydrogen) atoms. The van der Waals surface area contributed by atoms with Gasteiger partial charge < -0.3 is 14.6 Å². The van der Waals surface area contributed by atoms with Gasteiger partial charge in [0.2, 0.25) is 0 Å². The molecular weight excluding hydrogens is 178 g/mol. The first-order valence-electron chi connectivity index (χ1n) is 3.42. The molecule has 0 aliphatic carbocycles. The molecule has 6 heteroatoms. The quantitative estimate of drug-likeness (QED) is 0.311. The summed E-state index contributed by atoms with van der Waals surface area (Å²) in [6.07, 6.45) is -0.0809. The number of carboxylic acids is 1. The number of nitroso groups, excluding NO2 is 1. The van der Waals surface area contributed by atoms with E-state index in [1.165, 1.54) is 0 Å². The molecule has 0 aromatic heterocycles. The van der Waals surface area contributed by atoms with Crippen LogP contribution in [0.15, 0.2) is 18.0 Å². The number of carbonyl (C=O) groups is 2. The number of carbonyl (C=O) groups excluding carboxylic acids is 2. The fraction of sp³-hybridized carbons (Fsp3) is 0.429. The molecule has 0 aromatic rings. The summed E-state index contributed by atoms with van der Waals surface area (Å²) in [5.74, 6) is -2.18. The molecule has 0 amide bonds. The third-order valence-corrected chi connectivity index (χ3v) is 1.17. The smallest absolute Gasteiger partial charge is 0.312 e. The highest BCUT2D eigenvalue weighted by Gasteiger charge is 2.14. The number of ether oxygens (including phenoxy) is 1. The van der Waals surface area contributed by atoms with Crippen molar-refractivity contribution in [3.05, 3.63) is 17.7 Å². The molecule has 0 rings (SSSR count).